The number of anilines is 1. The molecule has 96 valence electrons. The fraction of sp³-hybridized carbons (Fsp3) is 0.133. The second kappa shape index (κ2) is 5.96. The van der Waals surface area contributed by atoms with E-state index < -0.39 is 17.6 Å². The van der Waals surface area contributed by atoms with Crippen LogP contribution in [0.3, 0.4) is 0 Å². The molecule has 2 rings (SSSR count). The van der Waals surface area contributed by atoms with E-state index in [1.54, 1.807) is 0 Å². The lowest BCUT2D eigenvalue weighted by Crippen LogP contribution is -2.12. The number of hydrogen-bond donors (Lipinski definition) is 1. The van der Waals surface area contributed by atoms with Crippen molar-refractivity contribution < 1.29 is 8.78 Å². The quantitative estimate of drug-likeness (QED) is 0.908. The van der Waals surface area contributed by atoms with Crippen LogP contribution in [0.15, 0.2) is 48.5 Å². The highest BCUT2D eigenvalue weighted by atomic mass is 19.2. The fourth-order valence-corrected chi connectivity index (χ4v) is 1.78. The first kappa shape index (κ1) is 13.0. The first-order valence-electron chi connectivity index (χ1n) is 5.85. The van der Waals surface area contributed by atoms with Crippen molar-refractivity contribution >= 4 is 5.69 Å². The third-order valence-electron chi connectivity index (χ3n) is 2.81. The van der Waals surface area contributed by atoms with E-state index in [4.69, 9.17) is 5.26 Å². The van der Waals surface area contributed by atoms with Crippen LogP contribution in [-0.4, -0.2) is 6.54 Å². The topological polar surface area (TPSA) is 35.8 Å². The first-order chi connectivity index (χ1) is 9.22. The second-order valence-electron chi connectivity index (χ2n) is 4.07. The standard InChI is InChI=1S/C15H12F2N2/c16-13-7-4-8-14(15(13)17)19-10-12(9-18)11-5-2-1-3-6-11/h1-8,12,19H,10H2. The lowest BCUT2D eigenvalue weighted by molar-refractivity contribution is 0.511. The molecule has 0 fully saturated rings. The fourth-order valence-electron chi connectivity index (χ4n) is 1.78. The van der Waals surface area contributed by atoms with Crippen molar-refractivity contribution in [3.8, 4) is 6.07 Å². The van der Waals surface area contributed by atoms with Gasteiger partial charge in [-0.05, 0) is 17.7 Å². The molecule has 1 atom stereocenters. The number of benzene rings is 2. The van der Waals surface area contributed by atoms with Crippen LogP contribution in [0.4, 0.5) is 14.5 Å². The molecule has 0 spiro atoms. The number of hydrogen-bond acceptors (Lipinski definition) is 2. The molecule has 0 aliphatic rings. The van der Waals surface area contributed by atoms with Gasteiger partial charge in [-0.2, -0.15) is 5.26 Å². The van der Waals surface area contributed by atoms with Gasteiger partial charge in [-0.25, -0.2) is 8.78 Å². The van der Waals surface area contributed by atoms with Crippen LogP contribution in [0.5, 0.6) is 0 Å². The monoisotopic (exact) mass is 258 g/mol. The molecular weight excluding hydrogens is 246 g/mol. The Balaban J connectivity index is 2.09. The van der Waals surface area contributed by atoms with Crippen LogP contribution in [-0.2, 0) is 0 Å². The molecule has 1 unspecified atom stereocenters. The third-order valence-corrected chi connectivity index (χ3v) is 2.81. The van der Waals surface area contributed by atoms with Gasteiger partial charge < -0.3 is 5.32 Å². The average molecular weight is 258 g/mol. The van der Waals surface area contributed by atoms with Crippen LogP contribution in [0, 0.1) is 23.0 Å². The zero-order chi connectivity index (χ0) is 13.7. The van der Waals surface area contributed by atoms with Crippen LogP contribution in [0.25, 0.3) is 0 Å². The predicted octanol–water partition coefficient (Wildman–Crippen LogP) is 3.68. The summed E-state index contributed by atoms with van der Waals surface area (Å²) < 4.78 is 26.5. The summed E-state index contributed by atoms with van der Waals surface area (Å²) in [5.41, 5.74) is 0.908. The molecule has 0 aliphatic heterocycles. The maximum Gasteiger partial charge on any atom is 0.181 e. The predicted molar refractivity (Wildman–Crippen MR) is 69.6 cm³/mol. The van der Waals surface area contributed by atoms with E-state index in [1.807, 2.05) is 30.3 Å². The molecule has 2 nitrogen and oxygen atoms in total. The van der Waals surface area contributed by atoms with Gasteiger partial charge in [0.2, 0.25) is 0 Å². The van der Waals surface area contributed by atoms with E-state index in [2.05, 4.69) is 11.4 Å². The number of nitriles is 1. The molecule has 0 saturated carbocycles. The molecule has 19 heavy (non-hydrogen) atoms. The Kier molecular flexibility index (Phi) is 4.09. The second-order valence-corrected chi connectivity index (χ2v) is 4.07. The molecule has 1 N–H and O–H groups in total. The van der Waals surface area contributed by atoms with Crippen LogP contribution < -0.4 is 5.32 Å². The van der Waals surface area contributed by atoms with Crippen molar-refractivity contribution in [2.24, 2.45) is 0 Å². The number of nitrogens with zero attached hydrogens (tertiary/aromatic N) is 1. The minimum Gasteiger partial charge on any atom is -0.381 e. The zero-order valence-electron chi connectivity index (χ0n) is 10.1. The van der Waals surface area contributed by atoms with Crippen molar-refractivity contribution in [1.82, 2.24) is 0 Å². The van der Waals surface area contributed by atoms with Crippen molar-refractivity contribution in [2.45, 2.75) is 5.92 Å². The Morgan fingerprint density at radius 2 is 1.79 bits per heavy atom. The molecule has 0 bridgehead atoms. The molecule has 0 saturated heterocycles. The van der Waals surface area contributed by atoms with Crippen LogP contribution in [0.1, 0.15) is 11.5 Å². The Hall–Kier alpha value is -2.41. The number of halogens is 2. The van der Waals surface area contributed by atoms with Gasteiger partial charge in [0, 0.05) is 6.54 Å². The molecule has 0 heterocycles. The van der Waals surface area contributed by atoms with E-state index in [0.717, 1.165) is 11.6 Å². The van der Waals surface area contributed by atoms with Gasteiger partial charge in [0.05, 0.1) is 17.7 Å². The van der Waals surface area contributed by atoms with Crippen molar-refractivity contribution in [3.05, 3.63) is 65.7 Å². The lowest BCUT2D eigenvalue weighted by Gasteiger charge is -2.12. The summed E-state index contributed by atoms with van der Waals surface area (Å²) in [6.45, 7) is 0.223. The highest BCUT2D eigenvalue weighted by Gasteiger charge is 2.12. The molecule has 4 heteroatoms. The zero-order valence-corrected chi connectivity index (χ0v) is 10.1. The van der Waals surface area contributed by atoms with E-state index in [-0.39, 0.29) is 12.2 Å². The minimum absolute atomic E-state index is 0.0659. The van der Waals surface area contributed by atoms with Crippen molar-refractivity contribution in [3.63, 3.8) is 0 Å². The summed E-state index contributed by atoms with van der Waals surface area (Å²) in [6.07, 6.45) is 0. The Morgan fingerprint density at radius 1 is 1.05 bits per heavy atom. The number of nitrogens with one attached hydrogen (secondary N) is 1. The van der Waals surface area contributed by atoms with E-state index in [9.17, 15) is 8.78 Å². The molecular formula is C15H12F2N2. The van der Waals surface area contributed by atoms with Gasteiger partial charge >= 0.3 is 0 Å². The van der Waals surface area contributed by atoms with E-state index >= 15 is 0 Å². The number of rotatable bonds is 4. The van der Waals surface area contributed by atoms with Gasteiger partial charge in [0.25, 0.3) is 0 Å². The van der Waals surface area contributed by atoms with Gasteiger partial charge in [-0.15, -0.1) is 0 Å². The smallest absolute Gasteiger partial charge is 0.181 e. The minimum atomic E-state index is -0.924. The van der Waals surface area contributed by atoms with Crippen LogP contribution in [0.2, 0.25) is 0 Å². The third kappa shape index (κ3) is 3.08. The summed E-state index contributed by atoms with van der Waals surface area (Å²) >= 11 is 0. The van der Waals surface area contributed by atoms with Gasteiger partial charge in [-0.1, -0.05) is 36.4 Å². The molecule has 0 aliphatic carbocycles. The highest BCUT2D eigenvalue weighted by molar-refractivity contribution is 5.46. The van der Waals surface area contributed by atoms with Gasteiger partial charge in [0.1, 0.15) is 0 Å². The molecule has 2 aromatic rings. The SMILES string of the molecule is N#CC(CNc1cccc(F)c1F)c1ccccc1. The Morgan fingerprint density at radius 3 is 2.47 bits per heavy atom. The normalized spacial score (nSPS) is 11.6. The summed E-state index contributed by atoms with van der Waals surface area (Å²) in [7, 11) is 0. The lowest BCUT2D eigenvalue weighted by atomic mass is 10.0. The maximum absolute atomic E-state index is 13.4. The first-order valence-corrected chi connectivity index (χ1v) is 5.85. The van der Waals surface area contributed by atoms with Crippen molar-refractivity contribution in [1.29, 1.82) is 5.26 Å². The van der Waals surface area contributed by atoms with Gasteiger partial charge in [0.15, 0.2) is 11.6 Å². The maximum atomic E-state index is 13.4. The molecule has 0 aromatic heterocycles. The molecule has 2 aromatic carbocycles. The van der Waals surface area contributed by atoms with Crippen LogP contribution >= 0.6 is 0 Å². The Labute approximate surface area is 110 Å². The summed E-state index contributed by atoms with van der Waals surface area (Å²) in [5, 5.41) is 11.9. The highest BCUT2D eigenvalue weighted by Crippen LogP contribution is 2.19. The summed E-state index contributed by atoms with van der Waals surface area (Å²) in [4.78, 5) is 0. The van der Waals surface area contributed by atoms with E-state index in [1.165, 1.54) is 12.1 Å². The van der Waals surface area contributed by atoms with Gasteiger partial charge in [-0.3, -0.25) is 0 Å². The van der Waals surface area contributed by atoms with E-state index in [0.29, 0.717) is 0 Å². The summed E-state index contributed by atoms with van der Waals surface area (Å²) in [5.74, 6) is -2.24. The average Bonchev–Trinajstić information content (AvgIpc) is 2.45. The van der Waals surface area contributed by atoms with Crippen molar-refractivity contribution in [2.75, 3.05) is 11.9 Å². The summed E-state index contributed by atoms with van der Waals surface area (Å²) in [6, 6.07) is 15.3. The Bertz CT molecular complexity index is 591. The molecule has 0 amide bonds. The largest absolute Gasteiger partial charge is 0.381 e. The molecule has 0 radical (unpaired) electrons.